The summed E-state index contributed by atoms with van der Waals surface area (Å²) >= 11 is 0. The van der Waals surface area contributed by atoms with E-state index in [2.05, 4.69) is 16.0 Å². The lowest BCUT2D eigenvalue weighted by molar-refractivity contribution is 0.0925. The fourth-order valence-electron chi connectivity index (χ4n) is 4.24. The van der Waals surface area contributed by atoms with Crippen molar-refractivity contribution in [3.8, 4) is 17.9 Å². The Kier molecular flexibility index (Phi) is 5.48. The zero-order chi connectivity index (χ0) is 21.3. The minimum absolute atomic E-state index is 0.0889. The second-order valence-electron chi connectivity index (χ2n) is 7.61. The molecule has 9 nitrogen and oxygen atoms in total. The van der Waals surface area contributed by atoms with Crippen molar-refractivity contribution in [2.45, 2.75) is 30.0 Å². The first kappa shape index (κ1) is 20.4. The molecular weight excluding hydrogens is 404 g/mol. The van der Waals surface area contributed by atoms with Crippen molar-refractivity contribution < 1.29 is 13.2 Å². The molecule has 2 unspecified atom stereocenters. The van der Waals surface area contributed by atoms with E-state index in [1.165, 1.54) is 18.6 Å². The molecule has 10 heteroatoms. The van der Waals surface area contributed by atoms with Crippen LogP contribution in [0.5, 0.6) is 5.75 Å². The van der Waals surface area contributed by atoms with Gasteiger partial charge in [0.25, 0.3) is 10.0 Å². The number of fused-ring (bicyclic) bond motifs is 2. The minimum atomic E-state index is -3.59. The number of imidazole rings is 1. The quantitative estimate of drug-likeness (QED) is 0.679. The Morgan fingerprint density at radius 3 is 2.53 bits per heavy atom. The standard InChI is InChI=1S/C20H22N6O3S/c1-24-13-20(23-14-24)30(27,28)25-11-17-3-4-18(12-25)26(17)6-7-29-19-5-2-15(9-21)8-16(19)10-22/h2,5,8,13-14,17-18H,3-4,6-7,11-12H2,1H3. The van der Waals surface area contributed by atoms with Crippen LogP contribution in [0.3, 0.4) is 0 Å². The Morgan fingerprint density at radius 2 is 1.93 bits per heavy atom. The zero-order valence-electron chi connectivity index (χ0n) is 16.6. The van der Waals surface area contributed by atoms with Gasteiger partial charge in [-0.05, 0) is 31.0 Å². The number of aromatic nitrogens is 2. The summed E-state index contributed by atoms with van der Waals surface area (Å²) in [5, 5.41) is 18.3. The molecule has 2 aliphatic heterocycles. The van der Waals surface area contributed by atoms with E-state index in [-0.39, 0.29) is 17.1 Å². The number of hydrogen-bond donors (Lipinski definition) is 0. The van der Waals surface area contributed by atoms with Gasteiger partial charge in [-0.2, -0.15) is 14.8 Å². The van der Waals surface area contributed by atoms with Crippen LogP contribution in [-0.4, -0.2) is 65.5 Å². The highest BCUT2D eigenvalue weighted by atomic mass is 32.2. The van der Waals surface area contributed by atoms with E-state index in [1.807, 2.05) is 6.07 Å². The van der Waals surface area contributed by atoms with Crippen LogP contribution in [0.25, 0.3) is 0 Å². The molecule has 2 fully saturated rings. The fraction of sp³-hybridized carbons (Fsp3) is 0.450. The van der Waals surface area contributed by atoms with Crippen LogP contribution in [0.15, 0.2) is 35.7 Å². The highest BCUT2D eigenvalue weighted by Gasteiger charge is 2.44. The first-order chi connectivity index (χ1) is 14.4. The lowest BCUT2D eigenvalue weighted by Gasteiger charge is -2.39. The van der Waals surface area contributed by atoms with Gasteiger partial charge in [-0.25, -0.2) is 13.4 Å². The zero-order valence-corrected chi connectivity index (χ0v) is 17.4. The number of hydrogen-bond acceptors (Lipinski definition) is 7. The first-order valence-corrected chi connectivity index (χ1v) is 11.2. The maximum absolute atomic E-state index is 12.9. The maximum atomic E-state index is 12.9. The highest BCUT2D eigenvalue weighted by molar-refractivity contribution is 7.89. The van der Waals surface area contributed by atoms with Crippen molar-refractivity contribution in [2.24, 2.45) is 7.05 Å². The summed E-state index contributed by atoms with van der Waals surface area (Å²) in [6.07, 6.45) is 4.91. The normalized spacial score (nSPS) is 21.8. The van der Waals surface area contributed by atoms with Gasteiger partial charge >= 0.3 is 0 Å². The number of nitrogens with zero attached hydrogens (tertiary/aromatic N) is 6. The van der Waals surface area contributed by atoms with Crippen molar-refractivity contribution >= 4 is 10.0 Å². The largest absolute Gasteiger partial charge is 0.491 e. The third kappa shape index (κ3) is 3.77. The number of piperazine rings is 1. The smallest absolute Gasteiger partial charge is 0.262 e. The fourth-order valence-corrected chi connectivity index (χ4v) is 5.72. The molecule has 2 aliphatic rings. The Labute approximate surface area is 175 Å². The number of aryl methyl sites for hydroxylation is 1. The van der Waals surface area contributed by atoms with E-state index in [0.29, 0.717) is 43.1 Å². The van der Waals surface area contributed by atoms with Gasteiger partial charge in [0.05, 0.1) is 23.5 Å². The van der Waals surface area contributed by atoms with Crippen molar-refractivity contribution in [1.82, 2.24) is 18.8 Å². The van der Waals surface area contributed by atoms with E-state index in [0.717, 1.165) is 12.8 Å². The molecule has 2 aromatic rings. The van der Waals surface area contributed by atoms with Crippen LogP contribution >= 0.6 is 0 Å². The summed E-state index contributed by atoms with van der Waals surface area (Å²) in [5.74, 6) is 0.459. The molecule has 4 rings (SSSR count). The van der Waals surface area contributed by atoms with Crippen molar-refractivity contribution in [3.63, 3.8) is 0 Å². The van der Waals surface area contributed by atoms with Crippen LogP contribution in [0.2, 0.25) is 0 Å². The predicted molar refractivity (Wildman–Crippen MR) is 107 cm³/mol. The lowest BCUT2D eigenvalue weighted by Crippen LogP contribution is -2.55. The average Bonchev–Trinajstić information content (AvgIpc) is 3.27. The van der Waals surface area contributed by atoms with Crippen LogP contribution < -0.4 is 4.74 Å². The molecule has 0 saturated carbocycles. The van der Waals surface area contributed by atoms with Crippen molar-refractivity contribution in [3.05, 3.63) is 41.9 Å². The van der Waals surface area contributed by atoms with Crippen LogP contribution in [0.1, 0.15) is 24.0 Å². The summed E-state index contributed by atoms with van der Waals surface area (Å²) in [6, 6.07) is 9.13. The molecule has 1 aromatic carbocycles. The van der Waals surface area contributed by atoms with Gasteiger partial charge in [0.1, 0.15) is 18.4 Å². The second-order valence-corrected chi connectivity index (χ2v) is 9.49. The molecule has 0 spiro atoms. The van der Waals surface area contributed by atoms with Crippen LogP contribution in [-0.2, 0) is 17.1 Å². The van der Waals surface area contributed by atoms with E-state index < -0.39 is 10.0 Å². The van der Waals surface area contributed by atoms with Crippen molar-refractivity contribution in [1.29, 1.82) is 10.5 Å². The molecule has 0 amide bonds. The molecular formula is C20H22N6O3S. The van der Waals surface area contributed by atoms with Gasteiger partial charge < -0.3 is 9.30 Å². The molecule has 2 saturated heterocycles. The molecule has 3 heterocycles. The Balaban J connectivity index is 1.38. The Hall–Kier alpha value is -2.92. The SMILES string of the molecule is Cn1cnc(S(=O)(=O)N2CC3CCC(C2)N3CCOc2ccc(C#N)cc2C#N)c1. The highest BCUT2D eigenvalue weighted by Crippen LogP contribution is 2.32. The number of sulfonamides is 1. The third-order valence-corrected chi connectivity index (χ3v) is 7.44. The van der Waals surface area contributed by atoms with Gasteiger partial charge in [-0.15, -0.1) is 0 Å². The first-order valence-electron chi connectivity index (χ1n) is 9.73. The van der Waals surface area contributed by atoms with Gasteiger partial charge in [0, 0.05) is 45.0 Å². The molecule has 2 atom stereocenters. The lowest BCUT2D eigenvalue weighted by atomic mass is 10.1. The molecule has 0 radical (unpaired) electrons. The second kappa shape index (κ2) is 8.07. The van der Waals surface area contributed by atoms with Gasteiger partial charge in [0.2, 0.25) is 0 Å². The molecule has 1 aromatic heterocycles. The number of benzene rings is 1. The Morgan fingerprint density at radius 1 is 1.20 bits per heavy atom. The summed E-state index contributed by atoms with van der Waals surface area (Å²) in [7, 11) is -1.84. The molecule has 0 N–H and O–H groups in total. The predicted octanol–water partition coefficient (Wildman–Crippen LogP) is 1.08. The van der Waals surface area contributed by atoms with E-state index in [1.54, 1.807) is 28.1 Å². The number of rotatable bonds is 6. The van der Waals surface area contributed by atoms with Crippen LogP contribution in [0, 0.1) is 22.7 Å². The summed E-state index contributed by atoms with van der Waals surface area (Å²) in [6.45, 7) is 1.92. The third-order valence-electron chi connectivity index (χ3n) is 5.72. The molecule has 2 bridgehead atoms. The maximum Gasteiger partial charge on any atom is 0.262 e. The van der Waals surface area contributed by atoms with Gasteiger partial charge in [0.15, 0.2) is 5.03 Å². The van der Waals surface area contributed by atoms with Crippen molar-refractivity contribution in [2.75, 3.05) is 26.2 Å². The van der Waals surface area contributed by atoms with E-state index in [4.69, 9.17) is 10.00 Å². The van der Waals surface area contributed by atoms with Gasteiger partial charge in [-0.3, -0.25) is 4.90 Å². The van der Waals surface area contributed by atoms with E-state index in [9.17, 15) is 13.7 Å². The topological polar surface area (TPSA) is 115 Å². The number of ether oxygens (including phenoxy) is 1. The summed E-state index contributed by atoms with van der Waals surface area (Å²) < 4.78 is 34.8. The molecule has 0 aliphatic carbocycles. The molecule has 156 valence electrons. The summed E-state index contributed by atoms with van der Waals surface area (Å²) in [5.41, 5.74) is 0.755. The molecule has 30 heavy (non-hydrogen) atoms. The van der Waals surface area contributed by atoms with E-state index >= 15 is 0 Å². The number of nitriles is 2. The van der Waals surface area contributed by atoms with Crippen LogP contribution in [0.4, 0.5) is 0 Å². The Bertz CT molecular complexity index is 1120. The van der Waals surface area contributed by atoms with Gasteiger partial charge in [-0.1, -0.05) is 0 Å². The monoisotopic (exact) mass is 426 g/mol. The minimum Gasteiger partial charge on any atom is -0.491 e. The summed E-state index contributed by atoms with van der Waals surface area (Å²) in [4.78, 5) is 6.32. The average molecular weight is 427 g/mol.